The number of primary amides is 1. The number of aromatic nitrogens is 1. The first-order chi connectivity index (χ1) is 15.8. The predicted molar refractivity (Wildman–Crippen MR) is 118 cm³/mol. The van der Waals surface area contributed by atoms with Gasteiger partial charge in [-0.2, -0.15) is 4.31 Å². The van der Waals surface area contributed by atoms with Gasteiger partial charge in [-0.1, -0.05) is 36.4 Å². The second-order valence-electron chi connectivity index (χ2n) is 7.54. The largest absolute Gasteiger partial charge is 0.376 e. The van der Waals surface area contributed by atoms with E-state index in [1.807, 2.05) is 30.3 Å². The first-order valence-corrected chi connectivity index (χ1v) is 11.9. The van der Waals surface area contributed by atoms with Crippen LogP contribution >= 0.6 is 0 Å². The summed E-state index contributed by atoms with van der Waals surface area (Å²) in [6.45, 7) is 0.381. The molecule has 0 aliphatic carbocycles. The summed E-state index contributed by atoms with van der Waals surface area (Å²) in [5, 5.41) is 2.30. The van der Waals surface area contributed by atoms with Crippen LogP contribution in [0.5, 0.6) is 0 Å². The molecule has 11 heteroatoms. The summed E-state index contributed by atoms with van der Waals surface area (Å²) in [4.78, 5) is 41.4. The van der Waals surface area contributed by atoms with Crippen LogP contribution in [0.1, 0.15) is 24.8 Å². The number of pyridine rings is 1. The molecule has 2 aromatic rings. The number of carbonyl (C=O) groups excluding carboxylic acids is 3. The number of sulfonamides is 1. The second-order valence-corrected chi connectivity index (χ2v) is 9.38. The van der Waals surface area contributed by atoms with Crippen LogP contribution in [0.15, 0.2) is 59.8 Å². The molecule has 3 N–H and O–H groups in total. The summed E-state index contributed by atoms with van der Waals surface area (Å²) in [6.07, 6.45) is 1.73. The van der Waals surface area contributed by atoms with Crippen LogP contribution in [0.4, 0.5) is 0 Å². The zero-order chi connectivity index (χ0) is 23.8. The van der Waals surface area contributed by atoms with E-state index in [0.29, 0.717) is 6.61 Å². The first-order valence-electron chi connectivity index (χ1n) is 10.5. The molecule has 176 valence electrons. The Morgan fingerprint density at radius 3 is 2.55 bits per heavy atom. The molecule has 1 aromatic heterocycles. The normalized spacial score (nSPS) is 19.6. The highest BCUT2D eigenvalue weighted by atomic mass is 32.2. The molecular weight excluding hydrogens is 448 g/mol. The smallest absolute Gasteiger partial charge is 0.261 e. The molecule has 1 aromatic carbocycles. The molecular formula is C22H26N4O6S. The molecule has 1 fully saturated rings. The van der Waals surface area contributed by atoms with Crippen molar-refractivity contribution in [1.29, 1.82) is 0 Å². The fourth-order valence-electron chi connectivity index (χ4n) is 3.55. The molecule has 2 atom stereocenters. The summed E-state index contributed by atoms with van der Waals surface area (Å²) >= 11 is 0. The molecule has 2 amide bonds. The van der Waals surface area contributed by atoms with Crippen molar-refractivity contribution in [2.24, 2.45) is 5.73 Å². The van der Waals surface area contributed by atoms with Crippen LogP contribution < -0.4 is 11.1 Å². The molecule has 0 saturated carbocycles. The lowest BCUT2D eigenvalue weighted by molar-refractivity contribution is -0.135. The van der Waals surface area contributed by atoms with Crippen LogP contribution in [0.25, 0.3) is 0 Å². The van der Waals surface area contributed by atoms with Gasteiger partial charge in [0.15, 0.2) is 16.9 Å². The van der Waals surface area contributed by atoms with Gasteiger partial charge in [0, 0.05) is 19.2 Å². The number of hydrogen-bond acceptors (Lipinski definition) is 7. The number of nitrogens with zero attached hydrogens (tertiary/aromatic N) is 2. The molecule has 10 nitrogen and oxygen atoms in total. The average Bonchev–Trinajstić information content (AvgIpc) is 2.97. The van der Waals surface area contributed by atoms with Crippen molar-refractivity contribution in [2.75, 3.05) is 13.2 Å². The Morgan fingerprint density at radius 1 is 1.15 bits per heavy atom. The zero-order valence-electron chi connectivity index (χ0n) is 17.9. The number of carbonyl (C=O) groups is 3. The van der Waals surface area contributed by atoms with E-state index in [-0.39, 0.29) is 37.4 Å². The molecule has 1 unspecified atom stereocenters. The standard InChI is InChI=1S/C22H26N4O6S/c23-22(29)20-21(28)17(25-18(27)11-14-32-15-16-7-2-1-3-8-16)9-6-13-26(20)33(30,31)19-10-4-5-12-24-19/h1-5,7-8,10,12,17,20H,6,9,11,13-15H2,(H2,23,29)(H,25,27)/t17-,20?/m0/s1. The predicted octanol–water partition coefficient (Wildman–Crippen LogP) is 0.381. The lowest BCUT2D eigenvalue weighted by Gasteiger charge is -2.26. The molecule has 0 bridgehead atoms. The van der Waals surface area contributed by atoms with Gasteiger partial charge in [0.1, 0.15) is 0 Å². The minimum Gasteiger partial charge on any atom is -0.376 e. The Balaban J connectivity index is 1.63. The summed E-state index contributed by atoms with van der Waals surface area (Å²) in [7, 11) is -4.24. The maximum Gasteiger partial charge on any atom is 0.261 e. The van der Waals surface area contributed by atoms with Crippen molar-refractivity contribution in [3.63, 3.8) is 0 Å². The molecule has 1 aliphatic heterocycles. The van der Waals surface area contributed by atoms with Gasteiger partial charge >= 0.3 is 0 Å². The molecule has 0 radical (unpaired) electrons. The van der Waals surface area contributed by atoms with Crippen LogP contribution in [0.2, 0.25) is 0 Å². The summed E-state index contributed by atoms with van der Waals surface area (Å²) in [5.41, 5.74) is 6.39. The SMILES string of the molecule is NC(=O)C1C(=O)[C@@H](NC(=O)CCOCc2ccccc2)CCCN1S(=O)(=O)c1ccccn1. The van der Waals surface area contributed by atoms with Gasteiger partial charge in [0.05, 0.1) is 19.3 Å². The summed E-state index contributed by atoms with van der Waals surface area (Å²) in [6, 6.07) is 11.0. The van der Waals surface area contributed by atoms with Gasteiger partial charge in [-0.05, 0) is 30.5 Å². The van der Waals surface area contributed by atoms with Crippen molar-refractivity contribution in [3.05, 3.63) is 60.3 Å². The highest BCUT2D eigenvalue weighted by Gasteiger charge is 2.44. The third-order valence-corrected chi connectivity index (χ3v) is 6.95. The Hall–Kier alpha value is -3.15. The third-order valence-electron chi connectivity index (χ3n) is 5.17. The fourth-order valence-corrected chi connectivity index (χ4v) is 5.09. The number of hydrogen-bond donors (Lipinski definition) is 2. The number of Topliss-reactive ketones (excluding diaryl/α,β-unsaturated/α-hetero) is 1. The number of ether oxygens (including phenoxy) is 1. The van der Waals surface area contributed by atoms with Gasteiger partial charge in [-0.3, -0.25) is 14.4 Å². The van der Waals surface area contributed by atoms with Gasteiger partial charge in [0.25, 0.3) is 10.0 Å². The van der Waals surface area contributed by atoms with Gasteiger partial charge < -0.3 is 15.8 Å². The van der Waals surface area contributed by atoms with E-state index in [9.17, 15) is 22.8 Å². The lowest BCUT2D eigenvalue weighted by atomic mass is 10.0. The van der Waals surface area contributed by atoms with Gasteiger partial charge in [0.2, 0.25) is 11.8 Å². The molecule has 33 heavy (non-hydrogen) atoms. The maximum atomic E-state index is 13.1. The van der Waals surface area contributed by atoms with E-state index in [4.69, 9.17) is 10.5 Å². The van der Waals surface area contributed by atoms with E-state index in [1.165, 1.54) is 18.3 Å². The molecule has 1 saturated heterocycles. The van der Waals surface area contributed by atoms with E-state index in [2.05, 4.69) is 10.3 Å². The second kappa shape index (κ2) is 11.1. The van der Waals surface area contributed by atoms with Crippen molar-refractivity contribution in [2.45, 2.75) is 43.0 Å². The van der Waals surface area contributed by atoms with Crippen LogP contribution in [-0.4, -0.2) is 60.5 Å². The molecule has 3 rings (SSSR count). The number of amides is 2. The molecule has 0 spiro atoms. The highest BCUT2D eigenvalue weighted by Crippen LogP contribution is 2.22. The quantitative estimate of drug-likeness (QED) is 0.394. The number of rotatable bonds is 9. The van der Waals surface area contributed by atoms with Gasteiger partial charge in [-0.25, -0.2) is 13.4 Å². The Kier molecular flexibility index (Phi) is 8.26. The molecule has 2 heterocycles. The monoisotopic (exact) mass is 474 g/mol. The summed E-state index contributed by atoms with van der Waals surface area (Å²) < 4.78 is 32.3. The minimum absolute atomic E-state index is 0.00774. The van der Waals surface area contributed by atoms with Crippen molar-refractivity contribution in [1.82, 2.24) is 14.6 Å². The van der Waals surface area contributed by atoms with Crippen molar-refractivity contribution < 1.29 is 27.5 Å². The number of benzene rings is 1. The van der Waals surface area contributed by atoms with E-state index in [1.54, 1.807) is 6.07 Å². The number of nitrogens with two attached hydrogens (primary N) is 1. The van der Waals surface area contributed by atoms with E-state index < -0.39 is 39.7 Å². The van der Waals surface area contributed by atoms with Gasteiger partial charge in [-0.15, -0.1) is 0 Å². The third kappa shape index (κ3) is 6.21. The fraction of sp³-hybridized carbons (Fsp3) is 0.364. The Labute approximate surface area is 192 Å². The topological polar surface area (TPSA) is 149 Å². The van der Waals surface area contributed by atoms with Crippen LogP contribution in [0.3, 0.4) is 0 Å². The van der Waals surface area contributed by atoms with E-state index >= 15 is 0 Å². The number of ketones is 1. The van der Waals surface area contributed by atoms with Crippen LogP contribution in [-0.2, 0) is 35.8 Å². The average molecular weight is 475 g/mol. The zero-order valence-corrected chi connectivity index (χ0v) is 18.7. The lowest BCUT2D eigenvalue weighted by Crippen LogP contribution is -2.56. The molecule has 1 aliphatic rings. The van der Waals surface area contributed by atoms with E-state index in [0.717, 1.165) is 9.87 Å². The number of nitrogens with one attached hydrogen (secondary N) is 1. The van der Waals surface area contributed by atoms with Crippen molar-refractivity contribution >= 4 is 27.6 Å². The Bertz CT molecular complexity index is 1080. The Morgan fingerprint density at radius 2 is 1.88 bits per heavy atom. The minimum atomic E-state index is -4.24. The van der Waals surface area contributed by atoms with Crippen LogP contribution in [0, 0.1) is 0 Å². The first kappa shape index (κ1) is 24.5. The van der Waals surface area contributed by atoms with Crippen molar-refractivity contribution in [3.8, 4) is 0 Å². The summed E-state index contributed by atoms with van der Waals surface area (Å²) in [5.74, 6) is -2.31. The highest BCUT2D eigenvalue weighted by molar-refractivity contribution is 7.89. The maximum absolute atomic E-state index is 13.1.